The molecule has 0 bridgehead atoms. The molecule has 8 heteroatoms. The molecule has 1 saturated heterocycles. The Bertz CT molecular complexity index is 849. The zero-order valence-electron chi connectivity index (χ0n) is 15.9. The molecule has 1 unspecified atom stereocenters. The lowest BCUT2D eigenvalue weighted by Crippen LogP contribution is -2.44. The Hall–Kier alpha value is -2.19. The molecular weight excluding hydrogens is 378 g/mol. The van der Waals surface area contributed by atoms with Crippen molar-refractivity contribution < 1.29 is 18.0 Å². The first kappa shape index (κ1) is 20.5. The van der Waals surface area contributed by atoms with E-state index in [-0.39, 0.29) is 29.4 Å². The molecule has 1 saturated carbocycles. The van der Waals surface area contributed by atoms with Crippen LogP contribution in [0.1, 0.15) is 31.2 Å². The predicted octanol–water partition coefficient (Wildman–Crippen LogP) is 1.67. The molecule has 3 rings (SSSR count). The number of nitrogens with zero attached hydrogens (tertiary/aromatic N) is 1. The summed E-state index contributed by atoms with van der Waals surface area (Å²) in [5.41, 5.74) is 1.45. The van der Waals surface area contributed by atoms with Crippen LogP contribution >= 0.6 is 0 Å². The van der Waals surface area contributed by atoms with Crippen LogP contribution in [0.5, 0.6) is 0 Å². The van der Waals surface area contributed by atoms with E-state index in [1.165, 1.54) is 6.08 Å². The van der Waals surface area contributed by atoms with Gasteiger partial charge in [0, 0.05) is 25.3 Å². The van der Waals surface area contributed by atoms with Crippen molar-refractivity contribution in [3.63, 3.8) is 0 Å². The molecule has 1 heterocycles. The Morgan fingerprint density at radius 2 is 2.04 bits per heavy atom. The minimum Gasteiger partial charge on any atom is -0.342 e. The fourth-order valence-electron chi connectivity index (χ4n) is 3.43. The number of carbonyl (C=O) groups excluding carboxylic acids is 2. The van der Waals surface area contributed by atoms with E-state index in [9.17, 15) is 18.0 Å². The van der Waals surface area contributed by atoms with Gasteiger partial charge in [0.15, 0.2) is 0 Å². The van der Waals surface area contributed by atoms with E-state index < -0.39 is 10.0 Å². The molecule has 1 atom stereocenters. The van der Waals surface area contributed by atoms with Gasteiger partial charge in [0.05, 0.1) is 11.7 Å². The molecule has 2 amide bonds. The quantitative estimate of drug-likeness (QED) is 0.643. The van der Waals surface area contributed by atoms with E-state index in [1.54, 1.807) is 18.2 Å². The SMILES string of the molecule is C=CC(=O)Nc1cccc(CC(=O)N2CCCC(CNS(=O)(=O)C3CC3)C2)c1. The van der Waals surface area contributed by atoms with Crippen molar-refractivity contribution >= 4 is 27.5 Å². The summed E-state index contributed by atoms with van der Waals surface area (Å²) in [6.07, 6.45) is 4.73. The molecular formula is C20H27N3O4S. The van der Waals surface area contributed by atoms with Crippen LogP contribution in [-0.4, -0.2) is 50.0 Å². The van der Waals surface area contributed by atoms with Gasteiger partial charge in [0.2, 0.25) is 21.8 Å². The van der Waals surface area contributed by atoms with Gasteiger partial charge in [-0.1, -0.05) is 18.7 Å². The summed E-state index contributed by atoms with van der Waals surface area (Å²) in [7, 11) is -3.18. The third kappa shape index (κ3) is 5.65. The van der Waals surface area contributed by atoms with Gasteiger partial charge in [0.25, 0.3) is 0 Å². The van der Waals surface area contributed by atoms with E-state index >= 15 is 0 Å². The number of anilines is 1. The summed E-state index contributed by atoms with van der Waals surface area (Å²) in [5.74, 6) is -0.137. The molecule has 0 spiro atoms. The van der Waals surface area contributed by atoms with Gasteiger partial charge in [-0.25, -0.2) is 13.1 Å². The molecule has 1 aliphatic heterocycles. The van der Waals surface area contributed by atoms with Crippen molar-refractivity contribution in [3.8, 4) is 0 Å². The van der Waals surface area contributed by atoms with Crippen LogP contribution in [0, 0.1) is 5.92 Å². The highest BCUT2D eigenvalue weighted by atomic mass is 32.2. The minimum atomic E-state index is -3.18. The number of hydrogen-bond acceptors (Lipinski definition) is 4. The lowest BCUT2D eigenvalue weighted by Gasteiger charge is -2.33. The highest BCUT2D eigenvalue weighted by molar-refractivity contribution is 7.90. The Balaban J connectivity index is 1.53. The fourth-order valence-corrected chi connectivity index (χ4v) is 4.89. The number of benzene rings is 1. The van der Waals surface area contributed by atoms with Crippen LogP contribution in [0.2, 0.25) is 0 Å². The third-order valence-corrected chi connectivity index (χ3v) is 7.06. The first-order valence-corrected chi connectivity index (χ1v) is 11.2. The Morgan fingerprint density at radius 1 is 1.25 bits per heavy atom. The Kier molecular flexibility index (Phi) is 6.51. The number of rotatable bonds is 8. The van der Waals surface area contributed by atoms with Crippen molar-refractivity contribution in [1.29, 1.82) is 0 Å². The first-order chi connectivity index (χ1) is 13.4. The van der Waals surface area contributed by atoms with E-state index in [0.29, 0.717) is 25.3 Å². The monoisotopic (exact) mass is 405 g/mol. The van der Waals surface area contributed by atoms with E-state index in [2.05, 4.69) is 16.6 Å². The second-order valence-electron chi connectivity index (χ2n) is 7.51. The molecule has 7 nitrogen and oxygen atoms in total. The summed E-state index contributed by atoms with van der Waals surface area (Å²) in [6.45, 7) is 5.08. The number of amides is 2. The van der Waals surface area contributed by atoms with Crippen molar-refractivity contribution in [2.75, 3.05) is 25.0 Å². The molecule has 1 aliphatic carbocycles. The summed E-state index contributed by atoms with van der Waals surface area (Å²) < 4.78 is 26.7. The van der Waals surface area contributed by atoms with Crippen LogP contribution in [-0.2, 0) is 26.0 Å². The predicted molar refractivity (Wildman–Crippen MR) is 108 cm³/mol. The van der Waals surface area contributed by atoms with Crippen LogP contribution < -0.4 is 10.0 Å². The second-order valence-corrected chi connectivity index (χ2v) is 9.56. The Labute approximate surface area is 166 Å². The smallest absolute Gasteiger partial charge is 0.247 e. The highest BCUT2D eigenvalue weighted by Crippen LogP contribution is 2.27. The van der Waals surface area contributed by atoms with Crippen LogP contribution in [0.3, 0.4) is 0 Å². The molecule has 28 heavy (non-hydrogen) atoms. The maximum Gasteiger partial charge on any atom is 0.247 e. The zero-order chi connectivity index (χ0) is 20.1. The van der Waals surface area contributed by atoms with Gasteiger partial charge in [-0.2, -0.15) is 0 Å². The lowest BCUT2D eigenvalue weighted by molar-refractivity contribution is -0.132. The van der Waals surface area contributed by atoms with Crippen molar-refractivity contribution in [3.05, 3.63) is 42.5 Å². The number of likely N-dealkylation sites (tertiary alicyclic amines) is 1. The van der Waals surface area contributed by atoms with Gasteiger partial charge in [-0.3, -0.25) is 9.59 Å². The normalized spacial score (nSPS) is 19.9. The largest absolute Gasteiger partial charge is 0.342 e. The number of carbonyl (C=O) groups is 2. The second kappa shape index (κ2) is 8.87. The van der Waals surface area contributed by atoms with Gasteiger partial charge >= 0.3 is 0 Å². The summed E-state index contributed by atoms with van der Waals surface area (Å²) in [4.78, 5) is 25.9. The Morgan fingerprint density at radius 3 is 2.75 bits per heavy atom. The molecule has 2 fully saturated rings. The van der Waals surface area contributed by atoms with Crippen LogP contribution in [0.25, 0.3) is 0 Å². The summed E-state index contributed by atoms with van der Waals surface area (Å²) in [5, 5.41) is 2.47. The number of sulfonamides is 1. The maximum absolute atomic E-state index is 12.7. The fraction of sp³-hybridized carbons (Fsp3) is 0.500. The van der Waals surface area contributed by atoms with Gasteiger partial charge < -0.3 is 10.2 Å². The summed E-state index contributed by atoms with van der Waals surface area (Å²) >= 11 is 0. The van der Waals surface area contributed by atoms with Crippen molar-refractivity contribution in [2.24, 2.45) is 5.92 Å². The summed E-state index contributed by atoms with van der Waals surface area (Å²) in [6, 6.07) is 7.20. The average Bonchev–Trinajstić information content (AvgIpc) is 3.53. The van der Waals surface area contributed by atoms with Crippen LogP contribution in [0.15, 0.2) is 36.9 Å². The number of nitrogens with one attached hydrogen (secondary N) is 2. The van der Waals surface area contributed by atoms with E-state index in [4.69, 9.17) is 0 Å². The van der Waals surface area contributed by atoms with Crippen molar-refractivity contribution in [1.82, 2.24) is 9.62 Å². The highest BCUT2D eigenvalue weighted by Gasteiger charge is 2.36. The molecule has 1 aromatic carbocycles. The van der Waals surface area contributed by atoms with E-state index in [1.807, 2.05) is 11.0 Å². The topological polar surface area (TPSA) is 95.6 Å². The standard InChI is InChI=1S/C20H27N3O4S/c1-2-19(24)22-17-7-3-5-15(11-17)12-20(25)23-10-4-6-16(14-23)13-21-28(26,27)18-8-9-18/h2-3,5,7,11,16,18,21H,1,4,6,8-10,12-14H2,(H,22,24). The first-order valence-electron chi connectivity index (χ1n) is 9.66. The zero-order valence-corrected chi connectivity index (χ0v) is 16.7. The van der Waals surface area contributed by atoms with E-state index in [0.717, 1.165) is 31.2 Å². The van der Waals surface area contributed by atoms with Gasteiger partial charge in [-0.05, 0) is 55.4 Å². The minimum absolute atomic E-state index is 0.0157. The molecule has 152 valence electrons. The molecule has 0 aromatic heterocycles. The molecule has 2 N–H and O–H groups in total. The lowest BCUT2D eigenvalue weighted by atomic mass is 9.97. The van der Waals surface area contributed by atoms with Crippen LogP contribution in [0.4, 0.5) is 5.69 Å². The van der Waals surface area contributed by atoms with Crippen molar-refractivity contribution in [2.45, 2.75) is 37.4 Å². The van der Waals surface area contributed by atoms with Gasteiger partial charge in [-0.15, -0.1) is 0 Å². The third-order valence-electron chi connectivity index (χ3n) is 5.14. The number of piperidine rings is 1. The molecule has 1 aromatic rings. The number of hydrogen-bond donors (Lipinski definition) is 2. The molecule has 0 radical (unpaired) electrons. The molecule has 2 aliphatic rings. The maximum atomic E-state index is 12.7. The average molecular weight is 406 g/mol. The van der Waals surface area contributed by atoms with Gasteiger partial charge in [0.1, 0.15) is 0 Å².